The van der Waals surface area contributed by atoms with Crippen LogP contribution in [0.2, 0.25) is 0 Å². The van der Waals surface area contributed by atoms with Crippen molar-refractivity contribution in [2.45, 2.75) is 61.9 Å². The minimum absolute atomic E-state index is 0.0720. The number of nitrogens with two attached hydrogens (primary N) is 1. The minimum Gasteiger partial charge on any atom is -0.307 e. The van der Waals surface area contributed by atoms with Crippen LogP contribution < -0.4 is 10.7 Å². The molecule has 1 unspecified atom stereocenters. The molecule has 1 saturated heterocycles. The van der Waals surface area contributed by atoms with Crippen molar-refractivity contribution in [2.75, 3.05) is 11.4 Å². The molecule has 14 heteroatoms. The summed E-state index contributed by atoms with van der Waals surface area (Å²) in [4.78, 5) is 13.8. The topological polar surface area (TPSA) is 115 Å². The molecule has 2 aliphatic rings. The SMILES string of the molecule is N=C(N=NN)c1ccc(N(Cc2ccc(C3CCCCC3)cc2)C(=O)[C@H]2CCN2S(=O)c2c(F)c(F)c(F)c(F)c2F)cc1. The first kappa shape index (κ1) is 31.4. The van der Waals surface area contributed by atoms with Crippen molar-refractivity contribution in [3.8, 4) is 0 Å². The molecule has 0 bridgehead atoms. The summed E-state index contributed by atoms with van der Waals surface area (Å²) in [5.41, 5.74) is 2.75. The van der Waals surface area contributed by atoms with Crippen LogP contribution in [0.15, 0.2) is 63.8 Å². The summed E-state index contributed by atoms with van der Waals surface area (Å²) in [6, 6.07) is 12.9. The molecule has 232 valence electrons. The second kappa shape index (κ2) is 13.3. The summed E-state index contributed by atoms with van der Waals surface area (Å²) >= 11 is 0. The van der Waals surface area contributed by atoms with E-state index in [1.165, 1.54) is 41.9 Å². The lowest BCUT2D eigenvalue weighted by atomic mass is 9.84. The van der Waals surface area contributed by atoms with Crippen molar-refractivity contribution in [3.63, 3.8) is 0 Å². The van der Waals surface area contributed by atoms with Crippen molar-refractivity contribution in [1.82, 2.24) is 4.31 Å². The van der Waals surface area contributed by atoms with Crippen LogP contribution in [-0.4, -0.2) is 32.8 Å². The molecule has 1 aliphatic heterocycles. The minimum atomic E-state index is -2.86. The number of carbonyl (C=O) groups excluding carboxylic acids is 1. The smallest absolute Gasteiger partial charge is 0.245 e. The lowest BCUT2D eigenvalue weighted by Crippen LogP contribution is -2.57. The van der Waals surface area contributed by atoms with Gasteiger partial charge in [-0.05, 0) is 60.6 Å². The van der Waals surface area contributed by atoms with E-state index in [1.54, 1.807) is 12.1 Å². The van der Waals surface area contributed by atoms with Gasteiger partial charge in [0.15, 0.2) is 29.1 Å². The molecule has 3 aromatic rings. The molecule has 3 N–H and O–H groups in total. The largest absolute Gasteiger partial charge is 0.307 e. The molecule has 0 spiro atoms. The molecule has 5 rings (SSSR count). The fourth-order valence-corrected chi connectivity index (χ4v) is 6.99. The third-order valence-electron chi connectivity index (χ3n) is 8.09. The maximum absolute atomic E-state index is 14.5. The van der Waals surface area contributed by atoms with Crippen LogP contribution in [0.25, 0.3) is 0 Å². The molecule has 1 aliphatic carbocycles. The lowest BCUT2D eigenvalue weighted by Gasteiger charge is -2.41. The van der Waals surface area contributed by atoms with Crippen LogP contribution >= 0.6 is 0 Å². The average Bonchev–Trinajstić information content (AvgIpc) is 3.02. The molecule has 0 aromatic heterocycles. The van der Waals surface area contributed by atoms with Crippen LogP contribution in [0.5, 0.6) is 0 Å². The van der Waals surface area contributed by atoms with Gasteiger partial charge in [-0.3, -0.25) is 10.2 Å². The highest BCUT2D eigenvalue weighted by Gasteiger charge is 2.43. The number of carbonyl (C=O) groups is 1. The number of nitrogens with zero attached hydrogens (tertiary/aromatic N) is 4. The van der Waals surface area contributed by atoms with E-state index in [4.69, 9.17) is 11.3 Å². The van der Waals surface area contributed by atoms with Crippen LogP contribution in [0, 0.1) is 34.5 Å². The molecular formula is C30H29F5N6O2S. The fraction of sp³-hybridized carbons (Fsp3) is 0.333. The van der Waals surface area contributed by atoms with Gasteiger partial charge in [0.25, 0.3) is 0 Å². The first-order chi connectivity index (χ1) is 21.1. The van der Waals surface area contributed by atoms with Crippen molar-refractivity contribution in [1.29, 1.82) is 5.41 Å². The zero-order valence-corrected chi connectivity index (χ0v) is 24.2. The Kier molecular flexibility index (Phi) is 9.49. The number of anilines is 1. The number of benzene rings is 3. The Labute approximate surface area is 252 Å². The first-order valence-electron chi connectivity index (χ1n) is 14.0. The van der Waals surface area contributed by atoms with Gasteiger partial charge in [-0.2, -0.15) is 0 Å². The van der Waals surface area contributed by atoms with Gasteiger partial charge in [-0.15, -0.1) is 5.11 Å². The molecule has 8 nitrogen and oxygen atoms in total. The Morgan fingerprint density at radius 2 is 1.48 bits per heavy atom. The van der Waals surface area contributed by atoms with Gasteiger partial charge < -0.3 is 10.7 Å². The van der Waals surface area contributed by atoms with Gasteiger partial charge >= 0.3 is 0 Å². The predicted octanol–water partition coefficient (Wildman–Crippen LogP) is 6.41. The Bertz CT molecular complexity index is 1580. The van der Waals surface area contributed by atoms with E-state index in [1.807, 2.05) is 24.3 Å². The van der Waals surface area contributed by atoms with E-state index in [0.717, 1.165) is 22.7 Å². The molecule has 0 radical (unpaired) electrons. The second-order valence-corrected chi connectivity index (χ2v) is 12.1. The summed E-state index contributed by atoms with van der Waals surface area (Å²) < 4.78 is 84.3. The molecular weight excluding hydrogens is 603 g/mol. The Morgan fingerprint density at radius 1 is 0.886 bits per heavy atom. The zero-order valence-electron chi connectivity index (χ0n) is 23.4. The average molecular weight is 633 g/mol. The van der Waals surface area contributed by atoms with Gasteiger partial charge in [0.1, 0.15) is 21.9 Å². The van der Waals surface area contributed by atoms with E-state index in [-0.39, 0.29) is 25.3 Å². The quantitative estimate of drug-likeness (QED) is 0.0437. The standard InChI is InChI=1S/C30H29F5N6O2S/c31-23-24(32)26(34)28(27(35)25(23)33)44(43)41-15-14-22(41)30(42)40(21-12-10-20(11-13-21)29(36)38-39-37)16-17-6-8-19(9-7-17)18-4-2-1-3-5-18/h6-13,18,22H,1-5,14-16H2,(H3,36,37,38)/t22-,44?/m1/s1. The van der Waals surface area contributed by atoms with Crippen LogP contribution in [0.3, 0.4) is 0 Å². The molecule has 1 heterocycles. The van der Waals surface area contributed by atoms with Crippen LogP contribution in [-0.2, 0) is 22.3 Å². The maximum atomic E-state index is 14.5. The Balaban J connectivity index is 1.43. The van der Waals surface area contributed by atoms with Crippen molar-refractivity contribution in [3.05, 3.63) is 94.3 Å². The van der Waals surface area contributed by atoms with Gasteiger partial charge in [0.2, 0.25) is 11.7 Å². The number of rotatable bonds is 8. The van der Waals surface area contributed by atoms with Gasteiger partial charge in [0.05, 0.1) is 6.54 Å². The molecule has 2 atom stereocenters. The highest BCUT2D eigenvalue weighted by Crippen LogP contribution is 2.34. The highest BCUT2D eigenvalue weighted by atomic mass is 32.2. The molecule has 44 heavy (non-hydrogen) atoms. The van der Waals surface area contributed by atoms with Gasteiger partial charge in [-0.1, -0.05) is 48.8 Å². The number of amides is 1. The molecule has 1 amide bonds. The molecule has 1 saturated carbocycles. The number of halogens is 5. The van der Waals surface area contributed by atoms with Crippen molar-refractivity contribution >= 4 is 28.4 Å². The fourth-order valence-electron chi connectivity index (χ4n) is 5.57. The number of amidine groups is 1. The monoisotopic (exact) mass is 632 g/mol. The van der Waals surface area contributed by atoms with E-state index in [9.17, 15) is 31.0 Å². The lowest BCUT2D eigenvalue weighted by molar-refractivity contribution is -0.125. The summed E-state index contributed by atoms with van der Waals surface area (Å²) in [5, 5.41) is 14.5. The number of hydrogen-bond donors (Lipinski definition) is 2. The van der Waals surface area contributed by atoms with E-state index >= 15 is 0 Å². The maximum Gasteiger partial charge on any atom is 0.245 e. The van der Waals surface area contributed by atoms with Gasteiger partial charge in [-0.25, -0.2) is 30.5 Å². The summed E-state index contributed by atoms with van der Waals surface area (Å²) in [6.07, 6.45) is 5.96. The van der Waals surface area contributed by atoms with E-state index in [2.05, 4.69) is 10.3 Å². The summed E-state index contributed by atoms with van der Waals surface area (Å²) in [7, 11) is -2.86. The van der Waals surface area contributed by atoms with Crippen LogP contribution in [0.4, 0.5) is 27.6 Å². The normalized spacial score (nSPS) is 18.2. The predicted molar refractivity (Wildman–Crippen MR) is 154 cm³/mol. The second-order valence-electron chi connectivity index (χ2n) is 10.7. The summed E-state index contributed by atoms with van der Waals surface area (Å²) in [6.45, 7) is -0.00475. The third-order valence-corrected chi connectivity index (χ3v) is 9.66. The molecule has 2 fully saturated rings. The summed E-state index contributed by atoms with van der Waals surface area (Å²) in [5.74, 6) is -6.49. The van der Waals surface area contributed by atoms with Crippen LogP contribution in [0.1, 0.15) is 61.1 Å². The van der Waals surface area contributed by atoms with Crippen molar-refractivity contribution in [2.24, 2.45) is 16.2 Å². The van der Waals surface area contributed by atoms with Crippen molar-refractivity contribution < 1.29 is 31.0 Å². The van der Waals surface area contributed by atoms with Gasteiger partial charge in [0, 0.05) is 17.8 Å². The van der Waals surface area contributed by atoms with E-state index < -0.39 is 56.9 Å². The Hall–Kier alpha value is -4.04. The number of hydrogen-bond acceptors (Lipinski definition) is 4. The zero-order chi connectivity index (χ0) is 31.5. The third kappa shape index (κ3) is 6.13. The van der Waals surface area contributed by atoms with E-state index in [0.29, 0.717) is 17.2 Å². The first-order valence-corrected chi connectivity index (χ1v) is 15.1. The molecule has 3 aromatic carbocycles. The Morgan fingerprint density at radius 3 is 2.02 bits per heavy atom. The highest BCUT2D eigenvalue weighted by molar-refractivity contribution is 7.82. The number of nitrogens with one attached hydrogen (secondary N) is 1.